The molecule has 0 aromatic heterocycles. The Bertz CT molecular complexity index is 1520. The average Bonchev–Trinajstić information content (AvgIpc) is 3.06. The number of benzene rings is 3. The van der Waals surface area contributed by atoms with Gasteiger partial charge in [0.2, 0.25) is 0 Å². The molecule has 0 aliphatic carbocycles. The fourth-order valence-corrected chi connectivity index (χ4v) is 6.44. The summed E-state index contributed by atoms with van der Waals surface area (Å²) in [5, 5.41) is 32.1. The highest BCUT2D eigenvalue weighted by atomic mass is 32.2. The molecule has 10 heteroatoms. The molecule has 0 bridgehead atoms. The highest BCUT2D eigenvalue weighted by Crippen LogP contribution is 2.42. The van der Waals surface area contributed by atoms with Gasteiger partial charge >= 0.3 is 0 Å². The minimum absolute atomic E-state index is 0.00569. The Morgan fingerprint density at radius 1 is 0.717 bits per heavy atom. The zero-order chi connectivity index (χ0) is 33.2. The van der Waals surface area contributed by atoms with Crippen molar-refractivity contribution in [1.82, 2.24) is 0 Å². The van der Waals surface area contributed by atoms with E-state index in [4.69, 9.17) is 4.74 Å². The summed E-state index contributed by atoms with van der Waals surface area (Å²) in [4.78, 5) is 10.9. The normalized spacial score (nSPS) is 11.9. The van der Waals surface area contributed by atoms with E-state index in [-0.39, 0.29) is 27.8 Å². The van der Waals surface area contributed by atoms with Crippen LogP contribution in [0.15, 0.2) is 63.7 Å². The third kappa shape index (κ3) is 11.7. The molecule has 46 heavy (non-hydrogen) atoms. The predicted octanol–water partition coefficient (Wildman–Crippen LogP) is 11.3. The van der Waals surface area contributed by atoms with Crippen LogP contribution in [0.1, 0.15) is 117 Å². The Hall–Kier alpha value is -3.53. The second-order valence-corrected chi connectivity index (χ2v) is 14.2. The molecule has 0 aliphatic heterocycles. The maximum Gasteiger partial charge on any atom is 0.298 e. The molecule has 0 atom stereocenters. The molecule has 1 N–H and O–H groups in total. The van der Waals surface area contributed by atoms with Gasteiger partial charge in [-0.05, 0) is 18.6 Å². The Morgan fingerprint density at radius 2 is 1.24 bits per heavy atom. The zero-order valence-corrected chi connectivity index (χ0v) is 28.4. The highest BCUT2D eigenvalue weighted by Gasteiger charge is 2.21. The Balaban J connectivity index is 1.48. The number of nitro groups is 1. The number of nitro benzene ring substituents is 1. The van der Waals surface area contributed by atoms with Gasteiger partial charge in [-0.25, -0.2) is 8.42 Å². The fourth-order valence-electron chi connectivity index (χ4n) is 5.54. The molecule has 0 fully saturated rings. The standard InChI is InChI=1S/C36H51N3O6S/c1-3-5-6-7-8-9-10-11-12-13-14-15-16-17-18-21-26-45-35-28-33(30-22-19-20-23-31(30)36(35)40)38-37-32-25-24-29(46(43,44)4-2)27-34(32)39(41)42/h19-20,22-25,27-28,40H,3-18,21,26H2,1-2H3/b38-37+. The molecule has 0 radical (unpaired) electrons. The Kier molecular flexibility index (Phi) is 16.0. The first kappa shape index (κ1) is 36.9. The molecule has 0 amide bonds. The van der Waals surface area contributed by atoms with Crippen LogP contribution in [0.5, 0.6) is 11.5 Å². The summed E-state index contributed by atoms with van der Waals surface area (Å²) in [5.74, 6) is 0.103. The quantitative estimate of drug-likeness (QED) is 0.0469. The predicted molar refractivity (Wildman–Crippen MR) is 186 cm³/mol. The van der Waals surface area contributed by atoms with E-state index in [0.717, 1.165) is 25.3 Å². The van der Waals surface area contributed by atoms with Crippen LogP contribution in [0.2, 0.25) is 0 Å². The maximum atomic E-state index is 12.2. The molecule has 0 unspecified atom stereocenters. The number of azo groups is 1. The largest absolute Gasteiger partial charge is 0.504 e. The maximum absolute atomic E-state index is 12.2. The van der Waals surface area contributed by atoms with Crippen molar-refractivity contribution >= 4 is 37.7 Å². The molecular formula is C36H51N3O6S. The Labute approximate surface area is 274 Å². The van der Waals surface area contributed by atoms with Crippen molar-refractivity contribution in [3.63, 3.8) is 0 Å². The van der Waals surface area contributed by atoms with Crippen LogP contribution in [-0.4, -0.2) is 30.8 Å². The van der Waals surface area contributed by atoms with Gasteiger partial charge in [0.15, 0.2) is 27.0 Å². The molecule has 3 rings (SSSR count). The number of phenols is 1. The van der Waals surface area contributed by atoms with E-state index in [2.05, 4.69) is 17.2 Å². The molecule has 3 aromatic carbocycles. The first-order valence-electron chi connectivity index (χ1n) is 17.1. The van der Waals surface area contributed by atoms with Crippen LogP contribution in [0.4, 0.5) is 17.1 Å². The van der Waals surface area contributed by atoms with Crippen molar-refractivity contribution in [3.05, 3.63) is 58.6 Å². The van der Waals surface area contributed by atoms with E-state index in [9.17, 15) is 23.6 Å². The number of unbranched alkanes of at least 4 members (excludes halogenated alkanes) is 15. The van der Waals surface area contributed by atoms with Crippen molar-refractivity contribution in [1.29, 1.82) is 0 Å². The van der Waals surface area contributed by atoms with Crippen LogP contribution in [-0.2, 0) is 9.84 Å². The second-order valence-electron chi connectivity index (χ2n) is 12.0. The van der Waals surface area contributed by atoms with Crippen molar-refractivity contribution in [3.8, 4) is 11.5 Å². The van der Waals surface area contributed by atoms with Gasteiger partial charge in [-0.2, -0.15) is 0 Å². The van der Waals surface area contributed by atoms with Crippen molar-refractivity contribution in [2.24, 2.45) is 10.2 Å². The van der Waals surface area contributed by atoms with Crippen LogP contribution in [0.25, 0.3) is 10.8 Å². The molecule has 3 aromatic rings. The molecule has 9 nitrogen and oxygen atoms in total. The van der Waals surface area contributed by atoms with Crippen molar-refractivity contribution in [2.75, 3.05) is 12.4 Å². The van der Waals surface area contributed by atoms with Crippen molar-refractivity contribution in [2.45, 2.75) is 121 Å². The highest BCUT2D eigenvalue weighted by molar-refractivity contribution is 7.91. The molecule has 0 saturated carbocycles. The molecule has 0 saturated heterocycles. The number of fused-ring (bicyclic) bond motifs is 1. The minimum atomic E-state index is -3.63. The number of sulfone groups is 1. The van der Waals surface area contributed by atoms with Crippen LogP contribution in [0.3, 0.4) is 0 Å². The number of nitrogens with zero attached hydrogens (tertiary/aromatic N) is 3. The van der Waals surface area contributed by atoms with Crippen molar-refractivity contribution < 1.29 is 23.2 Å². The molecule has 0 heterocycles. The molecule has 252 valence electrons. The zero-order valence-electron chi connectivity index (χ0n) is 27.6. The number of rotatable bonds is 23. The number of hydrogen-bond acceptors (Lipinski definition) is 8. The van der Waals surface area contributed by atoms with Gasteiger partial charge in [-0.3, -0.25) is 10.1 Å². The van der Waals surface area contributed by atoms with Gasteiger partial charge in [0.1, 0.15) is 0 Å². The molecule has 0 spiro atoms. The van der Waals surface area contributed by atoms with Gasteiger partial charge in [-0.1, -0.05) is 134 Å². The van der Waals surface area contributed by atoms with E-state index in [1.54, 1.807) is 30.3 Å². The van der Waals surface area contributed by atoms with Gasteiger partial charge in [0.05, 0.1) is 27.9 Å². The van der Waals surface area contributed by atoms with Crippen LogP contribution >= 0.6 is 0 Å². The third-order valence-corrected chi connectivity index (χ3v) is 10.1. The summed E-state index contributed by atoms with van der Waals surface area (Å²) < 4.78 is 30.4. The number of aromatic hydroxyl groups is 1. The molecular weight excluding hydrogens is 602 g/mol. The fraction of sp³-hybridized carbons (Fsp3) is 0.556. The third-order valence-electron chi connectivity index (χ3n) is 8.36. The lowest BCUT2D eigenvalue weighted by atomic mass is 10.0. The monoisotopic (exact) mass is 653 g/mol. The molecule has 0 aliphatic rings. The minimum Gasteiger partial charge on any atom is -0.504 e. The summed E-state index contributed by atoms with van der Waals surface area (Å²) in [7, 11) is -3.63. The van der Waals surface area contributed by atoms with E-state index in [1.165, 1.54) is 103 Å². The number of ether oxygens (including phenoxy) is 1. The SMILES string of the molecule is CCCCCCCCCCCCCCCCCCOc1cc(/N=N/c2ccc(S(=O)(=O)CC)cc2[N+](=O)[O-])c2ccccc2c1O. The first-order chi connectivity index (χ1) is 22.3. The summed E-state index contributed by atoms with van der Waals surface area (Å²) in [5.41, 5.74) is -0.163. The van der Waals surface area contributed by atoms with Gasteiger partial charge in [0.25, 0.3) is 5.69 Å². The van der Waals surface area contributed by atoms with E-state index < -0.39 is 20.4 Å². The summed E-state index contributed by atoms with van der Waals surface area (Å²) in [6.07, 6.45) is 20.6. The summed E-state index contributed by atoms with van der Waals surface area (Å²) >= 11 is 0. The van der Waals surface area contributed by atoms with Gasteiger partial charge < -0.3 is 9.84 Å². The topological polar surface area (TPSA) is 131 Å². The van der Waals surface area contributed by atoms with Gasteiger partial charge in [-0.15, -0.1) is 10.2 Å². The number of phenolic OH excluding ortho intramolecular Hbond substituents is 1. The van der Waals surface area contributed by atoms with Crippen LogP contribution in [0, 0.1) is 10.1 Å². The second kappa shape index (κ2) is 19.9. The van der Waals surface area contributed by atoms with Crippen LogP contribution < -0.4 is 4.74 Å². The lowest BCUT2D eigenvalue weighted by Gasteiger charge is -2.12. The Morgan fingerprint density at radius 3 is 1.78 bits per heavy atom. The smallest absolute Gasteiger partial charge is 0.298 e. The van der Waals surface area contributed by atoms with E-state index in [0.29, 0.717) is 23.1 Å². The lowest BCUT2D eigenvalue weighted by molar-refractivity contribution is -0.384. The van der Waals surface area contributed by atoms with E-state index in [1.807, 2.05) is 0 Å². The van der Waals surface area contributed by atoms with Gasteiger partial charge in [0, 0.05) is 22.9 Å². The number of hydrogen-bond donors (Lipinski definition) is 1. The lowest BCUT2D eigenvalue weighted by Crippen LogP contribution is -2.04. The first-order valence-corrected chi connectivity index (χ1v) is 18.7. The van der Waals surface area contributed by atoms with E-state index >= 15 is 0 Å². The summed E-state index contributed by atoms with van der Waals surface area (Å²) in [6.45, 7) is 4.18. The average molecular weight is 654 g/mol. The summed E-state index contributed by atoms with van der Waals surface area (Å²) in [6, 6.07) is 12.3.